The second-order valence-corrected chi connectivity index (χ2v) is 6.01. The Hall–Kier alpha value is -1.66. The molecule has 0 unspecified atom stereocenters. The van der Waals surface area contributed by atoms with Crippen LogP contribution in [0.1, 0.15) is 18.3 Å². The quantitative estimate of drug-likeness (QED) is 0.795. The minimum Gasteiger partial charge on any atom is -0.377 e. The molecule has 2 aromatic rings. The van der Waals surface area contributed by atoms with Crippen molar-refractivity contribution in [1.29, 1.82) is 0 Å². The Morgan fingerprint density at radius 2 is 2.09 bits per heavy atom. The van der Waals surface area contributed by atoms with Crippen molar-refractivity contribution in [3.63, 3.8) is 0 Å². The standard InChI is InChI=1S/C15H20ClN5O/c1-9-8-22-6-5-21(9)13-7-12(17-15(16)18-13)14-10(2)19-20(4)11(14)3/h7,9H,5-6,8H2,1-4H3/t9-/m1/s1. The topological polar surface area (TPSA) is 56.1 Å². The van der Waals surface area contributed by atoms with E-state index in [-0.39, 0.29) is 11.3 Å². The highest BCUT2D eigenvalue weighted by Crippen LogP contribution is 2.29. The molecular formula is C15H20ClN5O. The van der Waals surface area contributed by atoms with E-state index in [1.165, 1.54) is 0 Å². The number of morpholine rings is 1. The zero-order chi connectivity index (χ0) is 15.9. The highest BCUT2D eigenvalue weighted by Gasteiger charge is 2.22. The molecule has 0 saturated carbocycles. The predicted molar refractivity (Wildman–Crippen MR) is 86.3 cm³/mol. The Morgan fingerprint density at radius 1 is 1.32 bits per heavy atom. The summed E-state index contributed by atoms with van der Waals surface area (Å²) in [6, 6.07) is 2.26. The van der Waals surface area contributed by atoms with Gasteiger partial charge in [0.15, 0.2) is 0 Å². The predicted octanol–water partition coefficient (Wildman–Crippen LogP) is 2.37. The monoisotopic (exact) mass is 321 g/mol. The lowest BCUT2D eigenvalue weighted by Crippen LogP contribution is -2.44. The normalized spacial score (nSPS) is 18.8. The fourth-order valence-electron chi connectivity index (χ4n) is 2.89. The van der Waals surface area contributed by atoms with Crippen molar-refractivity contribution in [3.05, 3.63) is 22.7 Å². The molecule has 1 atom stereocenters. The van der Waals surface area contributed by atoms with Gasteiger partial charge in [0.1, 0.15) is 5.82 Å². The second-order valence-electron chi connectivity index (χ2n) is 5.67. The molecule has 0 aromatic carbocycles. The van der Waals surface area contributed by atoms with Gasteiger partial charge < -0.3 is 9.64 Å². The lowest BCUT2D eigenvalue weighted by Gasteiger charge is -2.34. The van der Waals surface area contributed by atoms with E-state index in [1.54, 1.807) is 0 Å². The number of hydrogen-bond donors (Lipinski definition) is 0. The molecular weight excluding hydrogens is 302 g/mol. The zero-order valence-corrected chi connectivity index (χ0v) is 14.1. The van der Waals surface area contributed by atoms with Gasteiger partial charge in [-0.15, -0.1) is 0 Å². The van der Waals surface area contributed by atoms with Crippen LogP contribution in [0.15, 0.2) is 6.07 Å². The molecule has 1 fully saturated rings. The first-order chi connectivity index (χ1) is 10.5. The average Bonchev–Trinajstić information content (AvgIpc) is 2.72. The molecule has 6 nitrogen and oxygen atoms in total. The van der Waals surface area contributed by atoms with Gasteiger partial charge in [-0.25, -0.2) is 9.97 Å². The fourth-order valence-corrected chi connectivity index (χ4v) is 3.07. The first-order valence-electron chi connectivity index (χ1n) is 7.37. The Bertz CT molecular complexity index is 699. The first kappa shape index (κ1) is 15.2. The van der Waals surface area contributed by atoms with Crippen LogP contribution in [-0.4, -0.2) is 45.5 Å². The Labute approximate surface area is 135 Å². The number of ether oxygens (including phenoxy) is 1. The molecule has 22 heavy (non-hydrogen) atoms. The molecule has 7 heteroatoms. The maximum absolute atomic E-state index is 6.17. The van der Waals surface area contributed by atoms with Crippen LogP contribution in [0.4, 0.5) is 5.82 Å². The van der Waals surface area contributed by atoms with E-state index >= 15 is 0 Å². The van der Waals surface area contributed by atoms with Crippen molar-refractivity contribution in [1.82, 2.24) is 19.7 Å². The van der Waals surface area contributed by atoms with Crippen LogP contribution in [0.3, 0.4) is 0 Å². The third kappa shape index (κ3) is 2.68. The molecule has 3 heterocycles. The summed E-state index contributed by atoms with van der Waals surface area (Å²) in [5.74, 6) is 0.841. The Balaban J connectivity index is 2.06. The van der Waals surface area contributed by atoms with Gasteiger partial charge in [-0.05, 0) is 32.4 Å². The van der Waals surface area contributed by atoms with Gasteiger partial charge in [0.25, 0.3) is 0 Å². The number of hydrogen-bond acceptors (Lipinski definition) is 5. The van der Waals surface area contributed by atoms with Gasteiger partial charge in [-0.2, -0.15) is 5.10 Å². The number of aryl methyl sites for hydroxylation is 2. The number of nitrogens with zero attached hydrogens (tertiary/aromatic N) is 5. The van der Waals surface area contributed by atoms with E-state index in [0.717, 1.165) is 35.0 Å². The highest BCUT2D eigenvalue weighted by molar-refractivity contribution is 6.28. The van der Waals surface area contributed by atoms with Gasteiger partial charge in [-0.3, -0.25) is 4.68 Å². The second kappa shape index (κ2) is 5.85. The molecule has 1 aliphatic heterocycles. The largest absolute Gasteiger partial charge is 0.377 e. The van der Waals surface area contributed by atoms with Crippen LogP contribution in [0.2, 0.25) is 5.28 Å². The summed E-state index contributed by atoms with van der Waals surface area (Å²) >= 11 is 6.17. The van der Waals surface area contributed by atoms with Crippen LogP contribution in [0, 0.1) is 13.8 Å². The summed E-state index contributed by atoms with van der Waals surface area (Å²) in [6.45, 7) is 8.33. The van der Waals surface area contributed by atoms with Crippen molar-refractivity contribution >= 4 is 17.4 Å². The van der Waals surface area contributed by atoms with Gasteiger partial charge in [-0.1, -0.05) is 0 Å². The summed E-state index contributed by atoms with van der Waals surface area (Å²) in [5, 5.41) is 4.71. The molecule has 0 amide bonds. The van der Waals surface area contributed by atoms with E-state index < -0.39 is 0 Å². The molecule has 3 rings (SSSR count). The summed E-state index contributed by atoms with van der Waals surface area (Å²) in [7, 11) is 1.93. The van der Waals surface area contributed by atoms with E-state index in [1.807, 2.05) is 31.6 Å². The number of anilines is 1. The molecule has 118 valence electrons. The van der Waals surface area contributed by atoms with Crippen molar-refractivity contribution in [2.45, 2.75) is 26.8 Å². The lowest BCUT2D eigenvalue weighted by molar-refractivity contribution is 0.0985. The molecule has 1 saturated heterocycles. The summed E-state index contributed by atoms with van der Waals surface area (Å²) in [6.07, 6.45) is 0. The van der Waals surface area contributed by atoms with Gasteiger partial charge in [0.2, 0.25) is 5.28 Å². The smallest absolute Gasteiger partial charge is 0.224 e. The third-order valence-electron chi connectivity index (χ3n) is 4.11. The maximum Gasteiger partial charge on any atom is 0.224 e. The van der Waals surface area contributed by atoms with Crippen molar-refractivity contribution in [2.24, 2.45) is 7.05 Å². The molecule has 0 spiro atoms. The highest BCUT2D eigenvalue weighted by atomic mass is 35.5. The van der Waals surface area contributed by atoms with Crippen LogP contribution < -0.4 is 4.90 Å². The fraction of sp³-hybridized carbons (Fsp3) is 0.533. The minimum absolute atomic E-state index is 0.258. The molecule has 2 aromatic heterocycles. The maximum atomic E-state index is 6.17. The van der Waals surface area contributed by atoms with Crippen LogP contribution in [0.5, 0.6) is 0 Å². The van der Waals surface area contributed by atoms with Crippen LogP contribution in [-0.2, 0) is 11.8 Å². The SMILES string of the molecule is Cc1nn(C)c(C)c1-c1cc(N2CCOC[C@H]2C)nc(Cl)n1. The van der Waals surface area contributed by atoms with Gasteiger partial charge in [0.05, 0.1) is 30.6 Å². The number of halogens is 1. The molecule has 0 radical (unpaired) electrons. The average molecular weight is 322 g/mol. The third-order valence-corrected chi connectivity index (χ3v) is 4.28. The first-order valence-corrected chi connectivity index (χ1v) is 7.74. The number of rotatable bonds is 2. The Kier molecular flexibility index (Phi) is 4.06. The van der Waals surface area contributed by atoms with Crippen LogP contribution >= 0.6 is 11.6 Å². The van der Waals surface area contributed by atoms with E-state index in [9.17, 15) is 0 Å². The minimum atomic E-state index is 0.258. The molecule has 0 aliphatic carbocycles. The number of aromatic nitrogens is 4. The van der Waals surface area contributed by atoms with Gasteiger partial charge >= 0.3 is 0 Å². The van der Waals surface area contributed by atoms with Crippen LogP contribution in [0.25, 0.3) is 11.3 Å². The van der Waals surface area contributed by atoms with Crippen molar-refractivity contribution in [3.8, 4) is 11.3 Å². The van der Waals surface area contributed by atoms with Crippen molar-refractivity contribution in [2.75, 3.05) is 24.7 Å². The summed E-state index contributed by atoms with van der Waals surface area (Å²) in [5.41, 5.74) is 3.84. The Morgan fingerprint density at radius 3 is 2.73 bits per heavy atom. The van der Waals surface area contributed by atoms with E-state index in [0.29, 0.717) is 13.2 Å². The van der Waals surface area contributed by atoms with E-state index in [2.05, 4.69) is 26.9 Å². The summed E-state index contributed by atoms with van der Waals surface area (Å²) in [4.78, 5) is 11.0. The molecule has 0 N–H and O–H groups in total. The summed E-state index contributed by atoms with van der Waals surface area (Å²) < 4.78 is 7.35. The lowest BCUT2D eigenvalue weighted by atomic mass is 10.1. The zero-order valence-electron chi connectivity index (χ0n) is 13.3. The van der Waals surface area contributed by atoms with Gasteiger partial charge in [0, 0.05) is 30.9 Å². The molecule has 0 bridgehead atoms. The molecule has 1 aliphatic rings. The van der Waals surface area contributed by atoms with E-state index in [4.69, 9.17) is 16.3 Å². The van der Waals surface area contributed by atoms with Crippen molar-refractivity contribution < 1.29 is 4.74 Å².